The average molecular weight is 456 g/mol. The number of β-lactam (4-membered cyclic amide) rings is 1. The van der Waals surface area contributed by atoms with Crippen molar-refractivity contribution in [1.29, 1.82) is 0 Å². The molecular weight excluding hydrogens is 426 g/mol. The van der Waals surface area contributed by atoms with Crippen molar-refractivity contribution in [3.63, 3.8) is 0 Å². The molecule has 11 nitrogen and oxygen atoms in total. The molecule has 0 aromatic carbocycles. The third-order valence-corrected chi connectivity index (χ3v) is 7.52. The molecule has 5 N–H and O–H groups in total. The number of carboxylic acid groups (broad SMARTS) is 1. The number of aliphatic hydroxyl groups excluding tert-OH is 1. The normalized spacial score (nSPS) is 31.4. The van der Waals surface area contributed by atoms with Gasteiger partial charge in [0.1, 0.15) is 5.70 Å². The van der Waals surface area contributed by atoms with E-state index in [0.717, 1.165) is 0 Å². The van der Waals surface area contributed by atoms with Gasteiger partial charge in [0, 0.05) is 49.2 Å². The minimum absolute atomic E-state index is 0.0173. The van der Waals surface area contributed by atoms with Crippen LogP contribution in [0.5, 0.6) is 0 Å². The maximum atomic E-state index is 12.4. The maximum Gasteiger partial charge on any atom is 0.353 e. The van der Waals surface area contributed by atoms with Crippen molar-refractivity contribution in [2.75, 3.05) is 20.6 Å². The molecule has 6 atom stereocenters. The van der Waals surface area contributed by atoms with Crippen molar-refractivity contribution in [3.05, 3.63) is 10.6 Å². The van der Waals surface area contributed by atoms with Gasteiger partial charge in [0.2, 0.25) is 5.91 Å². The maximum absolute atomic E-state index is 12.4. The van der Waals surface area contributed by atoms with Crippen molar-refractivity contribution in [1.82, 2.24) is 20.4 Å². The summed E-state index contributed by atoms with van der Waals surface area (Å²) in [5, 5.41) is 38.0. The molecular formula is C19H29N5O6S. The molecule has 3 rings (SSSR count). The number of oxime groups is 1. The number of hydrogen-bond acceptors (Lipinski definition) is 8. The molecule has 3 aliphatic rings. The molecule has 3 heterocycles. The van der Waals surface area contributed by atoms with Gasteiger partial charge >= 0.3 is 12.0 Å². The number of hydrogen-bond donors (Lipinski definition) is 5. The topological polar surface area (TPSA) is 155 Å². The number of nitrogens with zero attached hydrogens (tertiary/aromatic N) is 3. The molecule has 0 spiro atoms. The standard InChI is InChI=1S/C19H29N5O6S/c1-8-14-13(9(2)25)17(26)24(14)15(18(27)28)16(8)31-11-5-10(20-7-11)6-12(22-30)21-19(29)23(3)4/h8-11,13-14,20,25,30H,5-7H2,1-4H3,(H,27,28)(H,21,22,29)/t8-,9-,10+,11+,13+,14-/m1/s1. The summed E-state index contributed by atoms with van der Waals surface area (Å²) in [7, 11) is 3.16. The van der Waals surface area contributed by atoms with Crippen molar-refractivity contribution < 1.29 is 29.8 Å². The number of aliphatic hydroxyl groups is 1. The van der Waals surface area contributed by atoms with Gasteiger partial charge in [0.15, 0.2) is 5.84 Å². The Balaban J connectivity index is 1.66. The number of carboxylic acids is 1. The fourth-order valence-corrected chi connectivity index (χ4v) is 5.99. The summed E-state index contributed by atoms with van der Waals surface area (Å²) in [5.74, 6) is -2.10. The minimum Gasteiger partial charge on any atom is -0.477 e. The van der Waals surface area contributed by atoms with E-state index < -0.39 is 24.0 Å². The number of amidine groups is 1. The highest BCUT2D eigenvalue weighted by molar-refractivity contribution is 8.03. The van der Waals surface area contributed by atoms with Gasteiger partial charge in [-0.15, -0.1) is 11.8 Å². The van der Waals surface area contributed by atoms with E-state index in [4.69, 9.17) is 0 Å². The first kappa shape index (κ1) is 23.4. The molecule has 0 bridgehead atoms. The first-order chi connectivity index (χ1) is 14.6. The molecule has 12 heteroatoms. The van der Waals surface area contributed by atoms with Crippen molar-refractivity contribution in [3.8, 4) is 0 Å². The molecule has 0 aliphatic carbocycles. The fraction of sp³-hybridized carbons (Fsp3) is 0.684. The Labute approximate surface area is 184 Å². The fourth-order valence-electron chi connectivity index (χ4n) is 4.47. The van der Waals surface area contributed by atoms with Crippen LogP contribution in [0.1, 0.15) is 26.7 Å². The number of nitrogens with one attached hydrogen (secondary N) is 2. The van der Waals surface area contributed by atoms with Gasteiger partial charge in [0.05, 0.1) is 18.1 Å². The SMILES string of the molecule is C[C@@H](O)[C@@H]1C(=O)N2C(C(=O)O)=C(S[C@@H]3CN[C@H](C/C(=N/O)NC(=O)N(C)C)C3)[C@H](C)[C@H]12. The van der Waals surface area contributed by atoms with Gasteiger partial charge in [-0.2, -0.15) is 0 Å². The molecule has 0 saturated carbocycles. The molecule has 2 fully saturated rings. The first-order valence-electron chi connectivity index (χ1n) is 10.1. The molecule has 0 unspecified atom stereocenters. The largest absolute Gasteiger partial charge is 0.477 e. The third-order valence-electron chi connectivity index (χ3n) is 6.00. The lowest BCUT2D eigenvalue weighted by Crippen LogP contribution is -2.63. The Morgan fingerprint density at radius 1 is 1.42 bits per heavy atom. The Morgan fingerprint density at radius 2 is 2.10 bits per heavy atom. The van der Waals surface area contributed by atoms with E-state index in [9.17, 15) is 29.8 Å². The zero-order valence-electron chi connectivity index (χ0n) is 17.9. The van der Waals surface area contributed by atoms with Crippen LogP contribution in [-0.2, 0) is 9.59 Å². The summed E-state index contributed by atoms with van der Waals surface area (Å²) < 4.78 is 0. The second kappa shape index (κ2) is 9.05. The van der Waals surface area contributed by atoms with Crippen LogP contribution in [0.15, 0.2) is 15.8 Å². The highest BCUT2D eigenvalue weighted by Gasteiger charge is 2.60. The summed E-state index contributed by atoms with van der Waals surface area (Å²) >= 11 is 1.44. The van der Waals surface area contributed by atoms with Gasteiger partial charge in [-0.25, -0.2) is 9.59 Å². The summed E-state index contributed by atoms with van der Waals surface area (Å²) in [6.07, 6.45) is 0.148. The number of carbonyl (C=O) groups excluding carboxylic acids is 2. The predicted octanol–water partition coefficient (Wildman–Crippen LogP) is 0.0528. The van der Waals surface area contributed by atoms with E-state index in [1.54, 1.807) is 21.0 Å². The highest BCUT2D eigenvalue weighted by Crippen LogP contribution is 2.51. The number of thioether (sulfide) groups is 1. The van der Waals surface area contributed by atoms with Crippen LogP contribution in [0.25, 0.3) is 0 Å². The van der Waals surface area contributed by atoms with Crippen LogP contribution in [0.2, 0.25) is 0 Å². The lowest BCUT2D eigenvalue weighted by atomic mass is 9.79. The number of amides is 3. The van der Waals surface area contributed by atoms with Gasteiger partial charge in [-0.3, -0.25) is 10.1 Å². The van der Waals surface area contributed by atoms with E-state index in [2.05, 4.69) is 15.8 Å². The monoisotopic (exact) mass is 455 g/mol. The van der Waals surface area contributed by atoms with E-state index in [1.165, 1.54) is 21.6 Å². The minimum atomic E-state index is -1.14. The third kappa shape index (κ3) is 4.37. The van der Waals surface area contributed by atoms with Gasteiger partial charge in [-0.05, 0) is 13.3 Å². The Hall–Kier alpha value is -2.31. The molecule has 2 saturated heterocycles. The van der Waals surface area contributed by atoms with Crippen molar-refractivity contribution >= 4 is 35.5 Å². The molecule has 172 valence electrons. The molecule has 0 radical (unpaired) electrons. The van der Waals surface area contributed by atoms with Crippen LogP contribution in [0.3, 0.4) is 0 Å². The van der Waals surface area contributed by atoms with Gasteiger partial charge in [0.25, 0.3) is 0 Å². The molecule has 0 aromatic rings. The Morgan fingerprint density at radius 3 is 2.65 bits per heavy atom. The van der Waals surface area contributed by atoms with Crippen molar-refractivity contribution in [2.45, 2.75) is 50.1 Å². The zero-order chi connectivity index (χ0) is 23.0. The molecule has 3 amide bonds. The second-order valence-corrected chi connectivity index (χ2v) is 9.77. The molecule has 0 aromatic heterocycles. The average Bonchev–Trinajstić information content (AvgIpc) is 3.22. The Bertz CT molecular complexity index is 829. The van der Waals surface area contributed by atoms with E-state index in [0.29, 0.717) is 24.3 Å². The summed E-state index contributed by atoms with van der Waals surface area (Å²) in [4.78, 5) is 39.4. The van der Waals surface area contributed by atoms with Crippen LogP contribution >= 0.6 is 11.8 Å². The Kier molecular flexibility index (Phi) is 6.82. The van der Waals surface area contributed by atoms with Crippen LogP contribution in [0, 0.1) is 11.8 Å². The van der Waals surface area contributed by atoms with Crippen LogP contribution < -0.4 is 10.6 Å². The smallest absolute Gasteiger partial charge is 0.353 e. The number of aliphatic carboxylic acids is 1. The van der Waals surface area contributed by atoms with Crippen LogP contribution in [0.4, 0.5) is 4.79 Å². The lowest BCUT2D eigenvalue weighted by Gasteiger charge is -2.46. The highest BCUT2D eigenvalue weighted by atomic mass is 32.2. The predicted molar refractivity (Wildman–Crippen MR) is 113 cm³/mol. The van der Waals surface area contributed by atoms with Gasteiger partial charge in [-0.1, -0.05) is 12.1 Å². The number of fused-ring (bicyclic) bond motifs is 1. The number of urea groups is 1. The van der Waals surface area contributed by atoms with E-state index in [-0.39, 0.29) is 40.7 Å². The second-order valence-electron chi connectivity index (χ2n) is 8.43. The summed E-state index contributed by atoms with van der Waals surface area (Å²) in [6.45, 7) is 4.06. The van der Waals surface area contributed by atoms with E-state index >= 15 is 0 Å². The summed E-state index contributed by atoms with van der Waals surface area (Å²) in [5.41, 5.74) is 0.0173. The zero-order valence-corrected chi connectivity index (χ0v) is 18.7. The van der Waals surface area contributed by atoms with Gasteiger partial charge < -0.3 is 30.5 Å². The van der Waals surface area contributed by atoms with Crippen LogP contribution in [-0.4, -0.2) is 93.0 Å². The number of rotatable bonds is 6. The first-order valence-corrected chi connectivity index (χ1v) is 11.0. The number of carbonyl (C=O) groups is 3. The van der Waals surface area contributed by atoms with Crippen molar-refractivity contribution in [2.24, 2.45) is 17.0 Å². The molecule has 31 heavy (non-hydrogen) atoms. The lowest BCUT2D eigenvalue weighted by molar-refractivity contribution is -0.163. The quantitative estimate of drug-likeness (QED) is 0.124. The summed E-state index contributed by atoms with van der Waals surface area (Å²) in [6, 6.07) is -0.782. The van der Waals surface area contributed by atoms with E-state index in [1.807, 2.05) is 6.92 Å². The molecule has 3 aliphatic heterocycles.